The van der Waals surface area contributed by atoms with E-state index in [0.29, 0.717) is 17.9 Å². The van der Waals surface area contributed by atoms with Crippen LogP contribution in [0.15, 0.2) is 45.3 Å². The van der Waals surface area contributed by atoms with E-state index in [0.717, 1.165) is 26.6 Å². The summed E-state index contributed by atoms with van der Waals surface area (Å²) >= 11 is 12.1. The predicted molar refractivity (Wildman–Crippen MR) is 112 cm³/mol. The second kappa shape index (κ2) is 9.31. The van der Waals surface area contributed by atoms with Crippen molar-refractivity contribution in [2.45, 2.75) is 20.3 Å². The van der Waals surface area contributed by atoms with Crippen LogP contribution in [-0.4, -0.2) is 17.6 Å². The van der Waals surface area contributed by atoms with Gasteiger partial charge in [-0.3, -0.25) is 10.1 Å². The molecule has 0 aliphatic rings. The monoisotopic (exact) mass is 484 g/mol. The molecule has 0 saturated heterocycles. The van der Waals surface area contributed by atoms with E-state index in [4.69, 9.17) is 17.0 Å². The highest BCUT2D eigenvalue weighted by molar-refractivity contribution is 9.10. The lowest BCUT2D eigenvalue weighted by atomic mass is 10.2. The van der Waals surface area contributed by atoms with Crippen LogP contribution in [-0.2, 0) is 0 Å². The molecule has 0 saturated carbocycles. The Morgan fingerprint density at radius 1 is 1.20 bits per heavy atom. The van der Waals surface area contributed by atoms with Crippen LogP contribution in [0.1, 0.15) is 29.3 Å². The Morgan fingerprint density at radius 3 is 2.64 bits per heavy atom. The third-order valence-corrected chi connectivity index (χ3v) is 4.60. The van der Waals surface area contributed by atoms with E-state index in [2.05, 4.69) is 42.5 Å². The number of nitrogens with one attached hydrogen (secondary N) is 2. The zero-order chi connectivity index (χ0) is 18.4. The predicted octanol–water partition coefficient (Wildman–Crippen LogP) is 5.44. The average molecular weight is 486 g/mol. The van der Waals surface area contributed by atoms with E-state index in [9.17, 15) is 4.79 Å². The number of rotatable bonds is 5. The Labute approximate surface area is 169 Å². The van der Waals surface area contributed by atoms with Crippen LogP contribution in [0.5, 0.6) is 5.75 Å². The van der Waals surface area contributed by atoms with E-state index >= 15 is 0 Å². The number of anilines is 1. The summed E-state index contributed by atoms with van der Waals surface area (Å²) < 4.78 is 7.31. The Balaban J connectivity index is 2.10. The highest BCUT2D eigenvalue weighted by Gasteiger charge is 2.15. The molecule has 0 radical (unpaired) electrons. The second-order valence-corrected chi connectivity index (χ2v) is 7.56. The van der Waals surface area contributed by atoms with Gasteiger partial charge in [0.1, 0.15) is 5.75 Å². The summed E-state index contributed by atoms with van der Waals surface area (Å²) in [5.74, 6) is 0.204. The van der Waals surface area contributed by atoms with Gasteiger partial charge in [0.05, 0.1) is 17.9 Å². The molecular formula is C18H18Br2N2O2S. The van der Waals surface area contributed by atoms with Gasteiger partial charge in [0.25, 0.3) is 5.91 Å². The number of benzene rings is 2. The first-order chi connectivity index (χ1) is 11.9. The molecule has 0 heterocycles. The first-order valence-electron chi connectivity index (χ1n) is 7.71. The van der Waals surface area contributed by atoms with Crippen LogP contribution in [0.25, 0.3) is 0 Å². The molecular weight excluding hydrogens is 468 g/mol. The third-order valence-electron chi connectivity index (χ3n) is 3.25. The van der Waals surface area contributed by atoms with E-state index in [1.165, 1.54) is 0 Å². The molecule has 0 unspecified atom stereocenters. The summed E-state index contributed by atoms with van der Waals surface area (Å²) in [4.78, 5) is 12.6. The molecule has 1 amide bonds. The molecule has 2 N–H and O–H groups in total. The van der Waals surface area contributed by atoms with Gasteiger partial charge in [0, 0.05) is 8.95 Å². The van der Waals surface area contributed by atoms with E-state index < -0.39 is 0 Å². The molecule has 4 nitrogen and oxygen atoms in total. The topological polar surface area (TPSA) is 50.4 Å². The molecule has 25 heavy (non-hydrogen) atoms. The van der Waals surface area contributed by atoms with Gasteiger partial charge in [-0.15, -0.1) is 0 Å². The van der Waals surface area contributed by atoms with Crippen LogP contribution in [0.2, 0.25) is 0 Å². The summed E-state index contributed by atoms with van der Waals surface area (Å²) in [5.41, 5.74) is 2.33. The first kappa shape index (κ1) is 19.9. The zero-order valence-electron chi connectivity index (χ0n) is 13.9. The number of aryl methyl sites for hydroxylation is 1. The maximum absolute atomic E-state index is 12.6. The second-order valence-electron chi connectivity index (χ2n) is 5.38. The molecule has 0 atom stereocenters. The Hall–Kier alpha value is -1.44. The van der Waals surface area contributed by atoms with E-state index in [-0.39, 0.29) is 11.0 Å². The quantitative estimate of drug-likeness (QED) is 0.554. The summed E-state index contributed by atoms with van der Waals surface area (Å²) in [6.45, 7) is 4.55. The molecule has 0 aromatic heterocycles. The minimum absolute atomic E-state index is 0.218. The highest BCUT2D eigenvalue weighted by atomic mass is 79.9. The van der Waals surface area contributed by atoms with Gasteiger partial charge in [-0.1, -0.05) is 28.9 Å². The van der Waals surface area contributed by atoms with Crippen LogP contribution >= 0.6 is 44.1 Å². The fourth-order valence-electron chi connectivity index (χ4n) is 2.06. The van der Waals surface area contributed by atoms with Crippen molar-refractivity contribution in [3.05, 3.63) is 56.5 Å². The van der Waals surface area contributed by atoms with E-state index in [1.54, 1.807) is 12.1 Å². The number of hydrogen-bond donors (Lipinski definition) is 2. The van der Waals surface area contributed by atoms with Gasteiger partial charge < -0.3 is 10.1 Å². The van der Waals surface area contributed by atoms with Crippen LogP contribution in [0, 0.1) is 6.92 Å². The fraction of sp³-hybridized carbons (Fsp3) is 0.222. The molecule has 0 fully saturated rings. The molecule has 2 aromatic carbocycles. The lowest BCUT2D eigenvalue weighted by molar-refractivity contribution is 0.0973. The average Bonchev–Trinajstić information content (AvgIpc) is 2.56. The number of hydrogen-bond acceptors (Lipinski definition) is 3. The molecule has 7 heteroatoms. The van der Waals surface area contributed by atoms with Crippen molar-refractivity contribution in [1.29, 1.82) is 0 Å². The summed E-state index contributed by atoms with van der Waals surface area (Å²) in [5, 5.41) is 5.92. The summed E-state index contributed by atoms with van der Waals surface area (Å²) in [7, 11) is 0. The molecule has 0 aliphatic carbocycles. The lowest BCUT2D eigenvalue weighted by Gasteiger charge is -2.14. The van der Waals surface area contributed by atoms with E-state index in [1.807, 2.05) is 38.1 Å². The van der Waals surface area contributed by atoms with Crippen molar-refractivity contribution >= 4 is 60.8 Å². The molecule has 0 bridgehead atoms. The maximum atomic E-state index is 12.6. The van der Waals surface area contributed by atoms with Gasteiger partial charge in [-0.2, -0.15) is 0 Å². The molecule has 0 spiro atoms. The van der Waals surface area contributed by atoms with Gasteiger partial charge in [-0.25, -0.2) is 0 Å². The van der Waals surface area contributed by atoms with Gasteiger partial charge >= 0.3 is 0 Å². The number of ether oxygens (including phenoxy) is 1. The SMILES string of the molecule is CCCOc1ccc(Br)cc1C(=O)NC(=S)Nc1ccc(C)cc1Br. The number of halogens is 2. The molecule has 132 valence electrons. The summed E-state index contributed by atoms with van der Waals surface area (Å²) in [6.07, 6.45) is 0.860. The first-order valence-corrected chi connectivity index (χ1v) is 9.71. The fourth-order valence-corrected chi connectivity index (χ4v) is 3.22. The molecule has 0 aliphatic heterocycles. The smallest absolute Gasteiger partial charge is 0.261 e. The molecule has 2 rings (SSSR count). The van der Waals surface area contributed by atoms with Crippen molar-refractivity contribution in [1.82, 2.24) is 5.32 Å². The largest absolute Gasteiger partial charge is 0.493 e. The highest BCUT2D eigenvalue weighted by Crippen LogP contribution is 2.25. The Bertz CT molecular complexity index is 797. The summed E-state index contributed by atoms with van der Waals surface area (Å²) in [6, 6.07) is 11.1. The number of amides is 1. The van der Waals surface area contributed by atoms with Gasteiger partial charge in [0.15, 0.2) is 5.11 Å². The van der Waals surface area contributed by atoms with Gasteiger partial charge in [0.2, 0.25) is 0 Å². The minimum atomic E-state index is -0.326. The normalized spacial score (nSPS) is 10.2. The minimum Gasteiger partial charge on any atom is -0.493 e. The van der Waals surface area contributed by atoms with Crippen LogP contribution in [0.3, 0.4) is 0 Å². The zero-order valence-corrected chi connectivity index (χ0v) is 17.8. The van der Waals surface area contributed by atoms with Crippen LogP contribution < -0.4 is 15.4 Å². The Morgan fingerprint density at radius 2 is 1.96 bits per heavy atom. The Kier molecular flexibility index (Phi) is 7.40. The van der Waals surface area contributed by atoms with Crippen molar-refractivity contribution in [3.8, 4) is 5.75 Å². The lowest BCUT2D eigenvalue weighted by Crippen LogP contribution is -2.34. The molecule has 2 aromatic rings. The van der Waals surface area contributed by atoms with Crippen LogP contribution in [0.4, 0.5) is 5.69 Å². The van der Waals surface area contributed by atoms with Crippen molar-refractivity contribution in [3.63, 3.8) is 0 Å². The maximum Gasteiger partial charge on any atom is 0.261 e. The number of carbonyl (C=O) groups excluding carboxylic acids is 1. The number of carbonyl (C=O) groups is 1. The van der Waals surface area contributed by atoms with Crippen molar-refractivity contribution < 1.29 is 9.53 Å². The number of thiocarbonyl (C=S) groups is 1. The standard InChI is InChI=1S/C18H18Br2N2O2S/c1-3-8-24-16-7-5-12(19)10-13(16)17(23)22-18(25)21-15-6-4-11(2)9-14(15)20/h4-7,9-10H,3,8H2,1-2H3,(H2,21,22,23,25). The van der Waals surface area contributed by atoms with Gasteiger partial charge in [-0.05, 0) is 77.4 Å². The van der Waals surface area contributed by atoms with Crippen molar-refractivity contribution in [2.75, 3.05) is 11.9 Å². The third kappa shape index (κ3) is 5.80. The van der Waals surface area contributed by atoms with Crippen molar-refractivity contribution in [2.24, 2.45) is 0 Å².